The van der Waals surface area contributed by atoms with Crippen molar-refractivity contribution in [2.45, 2.75) is 37.0 Å². The van der Waals surface area contributed by atoms with Crippen molar-refractivity contribution >= 4 is 17.7 Å². The van der Waals surface area contributed by atoms with E-state index < -0.39 is 17.3 Å². The lowest BCUT2D eigenvalue weighted by atomic mass is 10.1. The molecule has 1 unspecified atom stereocenters. The van der Waals surface area contributed by atoms with Crippen molar-refractivity contribution < 1.29 is 19.2 Å². The van der Waals surface area contributed by atoms with E-state index in [0.717, 1.165) is 10.5 Å². The van der Waals surface area contributed by atoms with Gasteiger partial charge in [0.15, 0.2) is 0 Å². The van der Waals surface area contributed by atoms with Crippen LogP contribution in [0.15, 0.2) is 65.8 Å². The molecule has 2 rings (SSSR count). The Morgan fingerprint density at radius 3 is 2.54 bits per heavy atom. The number of carbonyl (C=O) groups excluding carboxylic acids is 1. The van der Waals surface area contributed by atoms with E-state index in [-0.39, 0.29) is 11.5 Å². The van der Waals surface area contributed by atoms with Crippen LogP contribution in [0.3, 0.4) is 0 Å². The molecule has 0 aliphatic carbocycles. The van der Waals surface area contributed by atoms with E-state index in [2.05, 4.69) is 0 Å². The molecule has 0 fully saturated rings. The van der Waals surface area contributed by atoms with E-state index in [1.54, 1.807) is 32.0 Å². The average molecular weight is 401 g/mol. The number of esters is 1. The second kappa shape index (κ2) is 10.5. The molecule has 0 radical (unpaired) electrons. The Bertz CT molecular complexity index is 835. The molecule has 0 aliphatic rings. The number of hydrogen-bond acceptors (Lipinski definition) is 6. The number of nitrogens with zero attached hydrogens (tertiary/aromatic N) is 1. The second-order valence-corrected chi connectivity index (χ2v) is 7.30. The maximum absolute atomic E-state index is 11.5. The maximum atomic E-state index is 11.5. The molecule has 148 valence electrons. The Kier molecular flexibility index (Phi) is 8.07. The van der Waals surface area contributed by atoms with E-state index in [9.17, 15) is 14.9 Å². The highest BCUT2D eigenvalue weighted by Gasteiger charge is 2.31. The van der Waals surface area contributed by atoms with E-state index >= 15 is 0 Å². The van der Waals surface area contributed by atoms with Crippen LogP contribution < -0.4 is 4.74 Å². The summed E-state index contributed by atoms with van der Waals surface area (Å²) in [6.07, 6.45) is 2.42. The van der Waals surface area contributed by atoms with Gasteiger partial charge >= 0.3 is 5.97 Å². The van der Waals surface area contributed by atoms with Crippen molar-refractivity contribution in [3.8, 4) is 5.75 Å². The first-order valence-electron chi connectivity index (χ1n) is 8.88. The summed E-state index contributed by atoms with van der Waals surface area (Å²) in [6, 6.07) is 14.1. The van der Waals surface area contributed by atoms with Gasteiger partial charge in [0.2, 0.25) is 6.04 Å². The predicted octanol–water partition coefficient (Wildman–Crippen LogP) is 4.95. The van der Waals surface area contributed by atoms with Gasteiger partial charge in [-0.15, -0.1) is 11.8 Å². The minimum absolute atomic E-state index is 0.273. The molecule has 28 heavy (non-hydrogen) atoms. The fraction of sp³-hybridized carbons (Fsp3) is 0.286. The van der Waals surface area contributed by atoms with Gasteiger partial charge in [-0.25, -0.2) is 4.79 Å². The molecule has 0 heterocycles. The van der Waals surface area contributed by atoms with Crippen molar-refractivity contribution in [2.24, 2.45) is 0 Å². The summed E-state index contributed by atoms with van der Waals surface area (Å²) in [6.45, 7) is 5.56. The molecular weight excluding hydrogens is 378 g/mol. The fourth-order valence-electron chi connectivity index (χ4n) is 2.47. The molecule has 0 spiro atoms. The van der Waals surface area contributed by atoms with Crippen LogP contribution in [0.5, 0.6) is 5.75 Å². The van der Waals surface area contributed by atoms with E-state index in [0.29, 0.717) is 11.3 Å². The highest BCUT2D eigenvalue weighted by molar-refractivity contribution is 7.99. The monoisotopic (exact) mass is 401 g/mol. The van der Waals surface area contributed by atoms with Gasteiger partial charge in [0, 0.05) is 22.3 Å². The minimum Gasteiger partial charge on any atom is -0.464 e. The van der Waals surface area contributed by atoms with E-state index in [4.69, 9.17) is 9.47 Å². The summed E-state index contributed by atoms with van der Waals surface area (Å²) < 4.78 is 10.4. The smallest absolute Gasteiger partial charge is 0.333 e. The summed E-state index contributed by atoms with van der Waals surface area (Å²) in [5, 5.41) is 11.1. The molecule has 2 atom stereocenters. The molecule has 0 saturated carbocycles. The van der Waals surface area contributed by atoms with Crippen LogP contribution in [0, 0.1) is 17.0 Å². The SMILES string of the molecule is CCOC(=O)/C=C/Oc1ccccc1[C@@H](Sc1ccc(C)cc1)C(C)[N+](=O)[O-]. The summed E-state index contributed by atoms with van der Waals surface area (Å²) in [7, 11) is 0. The Labute approximate surface area is 168 Å². The topological polar surface area (TPSA) is 78.7 Å². The number of rotatable bonds is 9. The number of carbonyl (C=O) groups is 1. The van der Waals surface area contributed by atoms with Crippen molar-refractivity contribution in [3.63, 3.8) is 0 Å². The molecular formula is C21H23NO5S. The zero-order valence-electron chi connectivity index (χ0n) is 16.0. The molecule has 2 aromatic rings. The third-order valence-corrected chi connectivity index (χ3v) is 5.41. The number of thioether (sulfide) groups is 1. The zero-order chi connectivity index (χ0) is 20.5. The third-order valence-electron chi connectivity index (χ3n) is 3.97. The van der Waals surface area contributed by atoms with Gasteiger partial charge in [-0.3, -0.25) is 10.1 Å². The van der Waals surface area contributed by atoms with Crippen LogP contribution in [0.2, 0.25) is 0 Å². The molecule has 0 bridgehead atoms. The van der Waals surface area contributed by atoms with Gasteiger partial charge < -0.3 is 9.47 Å². The summed E-state index contributed by atoms with van der Waals surface area (Å²) >= 11 is 1.41. The van der Waals surface area contributed by atoms with Crippen LogP contribution in [-0.4, -0.2) is 23.5 Å². The molecule has 7 heteroatoms. The Morgan fingerprint density at radius 1 is 1.21 bits per heavy atom. The number of para-hydroxylation sites is 1. The molecule has 0 saturated heterocycles. The highest BCUT2D eigenvalue weighted by atomic mass is 32.2. The Hall–Kier alpha value is -2.80. The number of ether oxygens (including phenoxy) is 2. The van der Waals surface area contributed by atoms with Crippen molar-refractivity contribution in [1.29, 1.82) is 0 Å². The van der Waals surface area contributed by atoms with Crippen molar-refractivity contribution in [3.05, 3.63) is 82.1 Å². The van der Waals surface area contributed by atoms with Crippen molar-refractivity contribution in [2.75, 3.05) is 6.61 Å². The average Bonchev–Trinajstić information content (AvgIpc) is 2.68. The van der Waals surface area contributed by atoms with Crippen LogP contribution in [0.4, 0.5) is 0 Å². The highest BCUT2D eigenvalue weighted by Crippen LogP contribution is 2.42. The Morgan fingerprint density at radius 2 is 1.89 bits per heavy atom. The van der Waals surface area contributed by atoms with Gasteiger partial charge in [0.1, 0.15) is 11.0 Å². The first kappa shape index (κ1) is 21.5. The molecule has 2 aromatic carbocycles. The third kappa shape index (κ3) is 6.13. The first-order chi connectivity index (χ1) is 13.4. The second-order valence-electron chi connectivity index (χ2n) is 6.09. The van der Waals surface area contributed by atoms with Crippen LogP contribution >= 0.6 is 11.8 Å². The van der Waals surface area contributed by atoms with Crippen LogP contribution in [0.25, 0.3) is 0 Å². The van der Waals surface area contributed by atoms with Gasteiger partial charge in [-0.1, -0.05) is 35.9 Å². The lowest BCUT2D eigenvalue weighted by molar-refractivity contribution is -0.518. The van der Waals surface area contributed by atoms with Gasteiger partial charge in [0.05, 0.1) is 18.9 Å². The lowest BCUT2D eigenvalue weighted by Crippen LogP contribution is -2.22. The number of nitro groups is 1. The first-order valence-corrected chi connectivity index (χ1v) is 9.76. The van der Waals surface area contributed by atoms with E-state index in [1.165, 1.54) is 24.1 Å². The van der Waals surface area contributed by atoms with Gasteiger partial charge in [-0.2, -0.15) is 0 Å². The largest absolute Gasteiger partial charge is 0.464 e. The lowest BCUT2D eigenvalue weighted by Gasteiger charge is -2.20. The number of hydrogen-bond donors (Lipinski definition) is 0. The fourth-order valence-corrected chi connectivity index (χ4v) is 3.68. The molecule has 0 amide bonds. The normalized spacial score (nSPS) is 13.1. The zero-order valence-corrected chi connectivity index (χ0v) is 16.8. The van der Waals surface area contributed by atoms with Gasteiger partial charge in [0.25, 0.3) is 0 Å². The predicted molar refractivity (Wildman–Crippen MR) is 109 cm³/mol. The van der Waals surface area contributed by atoms with E-state index in [1.807, 2.05) is 37.3 Å². The summed E-state index contributed by atoms with van der Waals surface area (Å²) in [5.41, 5.74) is 1.81. The quantitative estimate of drug-likeness (QED) is 0.148. The molecule has 0 N–H and O–H groups in total. The standard InChI is InChI=1S/C21H23NO5S/c1-4-26-20(23)13-14-27-19-8-6-5-7-18(19)21(16(3)22(24)25)28-17-11-9-15(2)10-12-17/h5-14,16,21H,4H2,1-3H3/b14-13+/t16?,21-/m0/s1. The van der Waals surface area contributed by atoms with Gasteiger partial charge in [-0.05, 0) is 32.0 Å². The van der Waals surface area contributed by atoms with Crippen LogP contribution in [0.1, 0.15) is 30.2 Å². The molecule has 6 nitrogen and oxygen atoms in total. The summed E-state index contributed by atoms with van der Waals surface area (Å²) in [4.78, 5) is 23.6. The Balaban J connectivity index is 2.30. The maximum Gasteiger partial charge on any atom is 0.333 e. The minimum atomic E-state index is -0.843. The molecule has 0 aliphatic heterocycles. The number of aryl methyl sites for hydroxylation is 1. The van der Waals surface area contributed by atoms with Crippen LogP contribution in [-0.2, 0) is 9.53 Å². The van der Waals surface area contributed by atoms with Crippen molar-refractivity contribution in [1.82, 2.24) is 0 Å². The number of benzene rings is 2. The summed E-state index contributed by atoms with van der Waals surface area (Å²) in [5.74, 6) is -0.0504. The molecule has 0 aromatic heterocycles.